The normalized spacial score (nSPS) is 12.7. The van der Waals surface area contributed by atoms with E-state index >= 15 is 0 Å². The van der Waals surface area contributed by atoms with Crippen LogP contribution in [0, 0.1) is 0 Å². The highest BCUT2D eigenvalue weighted by Crippen LogP contribution is 2.35. The van der Waals surface area contributed by atoms with Gasteiger partial charge in [0.25, 0.3) is 0 Å². The Bertz CT molecular complexity index is 806. The number of hydrogen-bond donors (Lipinski definition) is 1. The van der Waals surface area contributed by atoms with E-state index < -0.39 is 0 Å². The fourth-order valence-corrected chi connectivity index (χ4v) is 2.48. The number of nitrogens with one attached hydrogen (secondary N) is 1. The molecule has 118 valence electrons. The van der Waals surface area contributed by atoms with Gasteiger partial charge in [-0.25, -0.2) is 0 Å². The second kappa shape index (κ2) is 6.48. The number of ether oxygens (including phenoxy) is 2. The Morgan fingerprint density at radius 3 is 2.74 bits per heavy atom. The molecule has 1 aliphatic rings. The van der Waals surface area contributed by atoms with Crippen molar-refractivity contribution in [2.45, 2.75) is 6.92 Å². The van der Waals surface area contributed by atoms with Gasteiger partial charge in [-0.3, -0.25) is 9.79 Å². The van der Waals surface area contributed by atoms with Crippen LogP contribution in [0.15, 0.2) is 35.3 Å². The molecule has 0 fully saturated rings. The Morgan fingerprint density at radius 1 is 1.17 bits per heavy atom. The fraction of sp³-hybridized carbons (Fsp3) is 0.125. The van der Waals surface area contributed by atoms with E-state index in [9.17, 15) is 4.79 Å². The maximum atomic E-state index is 11.1. The van der Waals surface area contributed by atoms with E-state index in [1.54, 1.807) is 18.3 Å². The van der Waals surface area contributed by atoms with Gasteiger partial charge in [-0.15, -0.1) is 0 Å². The molecule has 0 aromatic heterocycles. The molecule has 1 aliphatic heterocycles. The highest BCUT2D eigenvalue weighted by atomic mass is 35.5. The standard InChI is InChI=1S/C16H12Cl2N2O3/c1-9(21)20-14-6-11(17)13(5-12(14)18)19-7-10-2-3-15-16(4-10)23-8-22-15/h2-7H,8H2,1H3,(H,20,21). The van der Waals surface area contributed by atoms with Crippen molar-refractivity contribution in [2.24, 2.45) is 4.99 Å². The molecule has 5 nitrogen and oxygen atoms in total. The number of carbonyl (C=O) groups is 1. The third-order valence-electron chi connectivity index (χ3n) is 3.10. The van der Waals surface area contributed by atoms with Crippen molar-refractivity contribution in [3.63, 3.8) is 0 Å². The van der Waals surface area contributed by atoms with Crippen LogP contribution in [-0.2, 0) is 4.79 Å². The highest BCUT2D eigenvalue weighted by Gasteiger charge is 2.12. The first-order valence-corrected chi connectivity index (χ1v) is 7.49. The lowest BCUT2D eigenvalue weighted by Gasteiger charge is -2.07. The van der Waals surface area contributed by atoms with Gasteiger partial charge in [0.2, 0.25) is 12.7 Å². The lowest BCUT2D eigenvalue weighted by Crippen LogP contribution is -2.06. The van der Waals surface area contributed by atoms with Crippen LogP contribution in [0.2, 0.25) is 10.0 Å². The van der Waals surface area contributed by atoms with E-state index in [1.807, 2.05) is 18.2 Å². The van der Waals surface area contributed by atoms with Gasteiger partial charge in [0, 0.05) is 13.1 Å². The van der Waals surface area contributed by atoms with Crippen molar-refractivity contribution in [1.82, 2.24) is 0 Å². The van der Waals surface area contributed by atoms with Crippen LogP contribution in [0.25, 0.3) is 0 Å². The van der Waals surface area contributed by atoms with E-state index in [2.05, 4.69) is 10.3 Å². The number of amides is 1. The number of fused-ring (bicyclic) bond motifs is 1. The number of halogens is 2. The van der Waals surface area contributed by atoms with Crippen LogP contribution in [0.1, 0.15) is 12.5 Å². The third-order valence-corrected chi connectivity index (χ3v) is 3.71. The van der Waals surface area contributed by atoms with Crippen LogP contribution < -0.4 is 14.8 Å². The lowest BCUT2D eigenvalue weighted by molar-refractivity contribution is -0.114. The summed E-state index contributed by atoms with van der Waals surface area (Å²) in [7, 11) is 0. The second-order valence-electron chi connectivity index (χ2n) is 4.84. The van der Waals surface area contributed by atoms with Gasteiger partial charge in [-0.1, -0.05) is 23.2 Å². The molecule has 2 aromatic carbocycles. The third kappa shape index (κ3) is 3.57. The molecule has 3 rings (SSSR count). The topological polar surface area (TPSA) is 59.9 Å². The average Bonchev–Trinajstić information content (AvgIpc) is 2.96. The Labute approximate surface area is 142 Å². The first kappa shape index (κ1) is 15.6. The number of anilines is 1. The van der Waals surface area contributed by atoms with Crippen molar-refractivity contribution < 1.29 is 14.3 Å². The molecule has 7 heteroatoms. The molecule has 2 aromatic rings. The quantitative estimate of drug-likeness (QED) is 0.832. The Morgan fingerprint density at radius 2 is 1.96 bits per heavy atom. The van der Waals surface area contributed by atoms with Crippen LogP contribution in [0.4, 0.5) is 11.4 Å². The largest absolute Gasteiger partial charge is 0.454 e. The van der Waals surface area contributed by atoms with E-state index in [1.165, 1.54) is 6.92 Å². The summed E-state index contributed by atoms with van der Waals surface area (Å²) < 4.78 is 10.6. The van der Waals surface area contributed by atoms with Crippen molar-refractivity contribution in [2.75, 3.05) is 12.1 Å². The van der Waals surface area contributed by atoms with Crippen molar-refractivity contribution in [3.05, 3.63) is 45.9 Å². The van der Waals surface area contributed by atoms with Gasteiger partial charge >= 0.3 is 0 Å². The molecule has 0 saturated carbocycles. The molecule has 0 saturated heterocycles. The Kier molecular flexibility index (Phi) is 4.41. The second-order valence-corrected chi connectivity index (χ2v) is 5.65. The van der Waals surface area contributed by atoms with Gasteiger partial charge in [0.1, 0.15) is 0 Å². The van der Waals surface area contributed by atoms with Gasteiger partial charge < -0.3 is 14.8 Å². The fourth-order valence-electron chi connectivity index (χ4n) is 2.06. The molecular weight excluding hydrogens is 339 g/mol. The minimum atomic E-state index is -0.223. The molecule has 1 N–H and O–H groups in total. The number of rotatable bonds is 3. The lowest BCUT2D eigenvalue weighted by atomic mass is 10.2. The predicted molar refractivity (Wildman–Crippen MR) is 90.6 cm³/mol. The molecule has 0 radical (unpaired) electrons. The summed E-state index contributed by atoms with van der Waals surface area (Å²) in [6, 6.07) is 8.67. The number of hydrogen-bond acceptors (Lipinski definition) is 4. The minimum Gasteiger partial charge on any atom is -0.454 e. The van der Waals surface area contributed by atoms with Crippen molar-refractivity contribution in [1.29, 1.82) is 0 Å². The Hall–Kier alpha value is -2.24. The molecule has 0 atom stereocenters. The average molecular weight is 351 g/mol. The summed E-state index contributed by atoms with van der Waals surface area (Å²) in [6.07, 6.45) is 1.65. The first-order chi connectivity index (χ1) is 11.0. The zero-order valence-electron chi connectivity index (χ0n) is 12.1. The minimum absolute atomic E-state index is 0.223. The summed E-state index contributed by atoms with van der Waals surface area (Å²) in [5.74, 6) is 1.17. The van der Waals surface area contributed by atoms with Crippen LogP contribution in [0.3, 0.4) is 0 Å². The molecule has 23 heavy (non-hydrogen) atoms. The monoisotopic (exact) mass is 350 g/mol. The zero-order valence-corrected chi connectivity index (χ0v) is 13.6. The highest BCUT2D eigenvalue weighted by molar-refractivity contribution is 6.37. The Balaban J connectivity index is 1.85. The zero-order chi connectivity index (χ0) is 16.4. The molecule has 1 amide bonds. The van der Waals surface area contributed by atoms with Gasteiger partial charge in [0.15, 0.2) is 11.5 Å². The van der Waals surface area contributed by atoms with Gasteiger partial charge in [0.05, 0.1) is 21.4 Å². The van der Waals surface area contributed by atoms with Crippen molar-refractivity contribution in [3.8, 4) is 11.5 Å². The van der Waals surface area contributed by atoms with Crippen molar-refractivity contribution >= 4 is 46.7 Å². The van der Waals surface area contributed by atoms with Gasteiger partial charge in [-0.2, -0.15) is 0 Å². The van der Waals surface area contributed by atoms with E-state index in [4.69, 9.17) is 32.7 Å². The smallest absolute Gasteiger partial charge is 0.231 e. The molecular formula is C16H12Cl2N2O3. The SMILES string of the molecule is CC(=O)Nc1cc(Cl)c(N=Cc2ccc3c(c2)OCO3)cc1Cl. The van der Waals surface area contributed by atoms with E-state index in [0.29, 0.717) is 32.9 Å². The van der Waals surface area contributed by atoms with E-state index in [-0.39, 0.29) is 12.7 Å². The summed E-state index contributed by atoms with van der Waals surface area (Å²) in [5.41, 5.74) is 1.79. The van der Waals surface area contributed by atoms with E-state index in [0.717, 1.165) is 5.56 Å². The molecule has 0 spiro atoms. The summed E-state index contributed by atoms with van der Waals surface area (Å²) in [4.78, 5) is 15.4. The summed E-state index contributed by atoms with van der Waals surface area (Å²) >= 11 is 12.3. The predicted octanol–water partition coefficient (Wildman–Crippen LogP) is 4.43. The number of aliphatic imine (C=N–C) groups is 1. The number of nitrogens with zero attached hydrogens (tertiary/aromatic N) is 1. The van der Waals surface area contributed by atoms with Crippen LogP contribution >= 0.6 is 23.2 Å². The molecule has 0 unspecified atom stereocenters. The van der Waals surface area contributed by atoms with Crippen LogP contribution in [0.5, 0.6) is 11.5 Å². The summed E-state index contributed by atoms with van der Waals surface area (Å²) in [6.45, 7) is 1.62. The molecule has 0 bridgehead atoms. The molecule has 1 heterocycles. The first-order valence-electron chi connectivity index (χ1n) is 6.73. The van der Waals surface area contributed by atoms with Gasteiger partial charge in [-0.05, 0) is 35.9 Å². The van der Waals surface area contributed by atoms with Crippen LogP contribution in [-0.4, -0.2) is 18.9 Å². The molecule has 0 aliphatic carbocycles. The summed E-state index contributed by atoms with van der Waals surface area (Å²) in [5, 5.41) is 3.35. The number of benzene rings is 2. The maximum Gasteiger partial charge on any atom is 0.231 e. The number of carbonyl (C=O) groups excluding carboxylic acids is 1. The maximum absolute atomic E-state index is 11.1.